The van der Waals surface area contributed by atoms with Gasteiger partial charge in [0.15, 0.2) is 9.04 Å². The average Bonchev–Trinajstić information content (AvgIpc) is 2.38. The van der Waals surface area contributed by atoms with Crippen LogP contribution in [0.5, 0.6) is 0 Å². The molecule has 1 aromatic rings. The van der Waals surface area contributed by atoms with Crippen LogP contribution in [0.2, 0.25) is 13.1 Å². The molecule has 0 N–H and O–H groups in total. The summed E-state index contributed by atoms with van der Waals surface area (Å²) in [6.45, 7) is 15.1. The Bertz CT molecular complexity index is 347. The van der Waals surface area contributed by atoms with Gasteiger partial charge in [-0.25, -0.2) is 0 Å². The maximum absolute atomic E-state index is 6.17. The molecule has 2 nitrogen and oxygen atoms in total. The first-order chi connectivity index (χ1) is 7.21. The minimum absolute atomic E-state index is 0.109. The predicted octanol–water partition coefficient (Wildman–Crippen LogP) is 3.98. The third kappa shape index (κ3) is 3.22. The molecule has 0 fully saturated rings. The van der Waals surface area contributed by atoms with Crippen molar-refractivity contribution in [1.82, 2.24) is 0 Å². The smallest absolute Gasteiger partial charge is 0.171 e. The highest BCUT2D eigenvalue weighted by molar-refractivity contribution is 6.48. The summed E-state index contributed by atoms with van der Waals surface area (Å²) >= 11 is 0. The molecule has 0 spiro atoms. The summed E-state index contributed by atoms with van der Waals surface area (Å²) in [7, 11) is -1.05. The maximum Gasteiger partial charge on any atom is 0.171 e. The summed E-state index contributed by atoms with van der Waals surface area (Å²) in [5.41, 5.74) is 1.32. The Morgan fingerprint density at radius 2 is 1.81 bits per heavy atom. The van der Waals surface area contributed by atoms with E-state index < -0.39 is 9.04 Å². The highest BCUT2D eigenvalue weighted by Crippen LogP contribution is 2.39. The van der Waals surface area contributed by atoms with Crippen LogP contribution in [0.25, 0.3) is 0 Å². The van der Waals surface area contributed by atoms with E-state index in [-0.39, 0.29) is 11.5 Å². The highest BCUT2D eigenvalue weighted by Gasteiger charge is 2.30. The van der Waals surface area contributed by atoms with Gasteiger partial charge in [-0.3, -0.25) is 0 Å². The van der Waals surface area contributed by atoms with Gasteiger partial charge >= 0.3 is 0 Å². The van der Waals surface area contributed by atoms with Crippen LogP contribution in [-0.4, -0.2) is 9.04 Å². The molecule has 16 heavy (non-hydrogen) atoms. The van der Waals surface area contributed by atoms with Crippen molar-refractivity contribution in [2.45, 2.75) is 53.8 Å². The van der Waals surface area contributed by atoms with Crippen molar-refractivity contribution < 1.29 is 8.84 Å². The summed E-state index contributed by atoms with van der Waals surface area (Å²) in [4.78, 5) is 0. The van der Waals surface area contributed by atoms with E-state index >= 15 is 0 Å². The SMILES string of the molecule is Cc1cc(C(O[SiH](C)C)C(C)(C)C)c(C)o1. The Hall–Kier alpha value is -0.543. The molecule has 0 aromatic carbocycles. The van der Waals surface area contributed by atoms with Gasteiger partial charge in [-0.15, -0.1) is 0 Å². The Kier molecular flexibility index (Phi) is 4.02. The minimum Gasteiger partial charge on any atom is -0.466 e. The van der Waals surface area contributed by atoms with Gasteiger partial charge in [0.05, 0.1) is 6.10 Å². The average molecular weight is 240 g/mol. The van der Waals surface area contributed by atoms with Crippen LogP contribution >= 0.6 is 0 Å². The fourth-order valence-corrected chi connectivity index (χ4v) is 3.03. The molecule has 0 aliphatic rings. The zero-order valence-electron chi connectivity index (χ0n) is 11.5. The summed E-state index contributed by atoms with van der Waals surface area (Å²) in [6.07, 6.45) is 0.150. The van der Waals surface area contributed by atoms with E-state index in [4.69, 9.17) is 8.84 Å². The van der Waals surface area contributed by atoms with E-state index in [2.05, 4.69) is 39.9 Å². The number of aryl methyl sites for hydroxylation is 2. The molecule has 0 amide bonds. The lowest BCUT2D eigenvalue weighted by molar-refractivity contribution is 0.0852. The Morgan fingerprint density at radius 1 is 1.25 bits per heavy atom. The zero-order chi connectivity index (χ0) is 12.5. The molecule has 1 unspecified atom stereocenters. The second kappa shape index (κ2) is 4.76. The summed E-state index contributed by atoms with van der Waals surface area (Å²) in [5.74, 6) is 1.96. The van der Waals surface area contributed by atoms with E-state index in [1.807, 2.05) is 13.8 Å². The summed E-state index contributed by atoms with van der Waals surface area (Å²) < 4.78 is 11.8. The van der Waals surface area contributed by atoms with Gasteiger partial charge in [-0.05, 0) is 38.4 Å². The monoisotopic (exact) mass is 240 g/mol. The lowest BCUT2D eigenvalue weighted by Gasteiger charge is -2.32. The van der Waals surface area contributed by atoms with Crippen molar-refractivity contribution >= 4 is 9.04 Å². The van der Waals surface area contributed by atoms with Gasteiger partial charge in [-0.2, -0.15) is 0 Å². The van der Waals surface area contributed by atoms with Crippen molar-refractivity contribution in [3.63, 3.8) is 0 Å². The zero-order valence-corrected chi connectivity index (χ0v) is 12.7. The Balaban J connectivity index is 3.06. The first-order valence-corrected chi connectivity index (χ1v) is 8.72. The highest BCUT2D eigenvalue weighted by atomic mass is 28.3. The number of hydrogen-bond acceptors (Lipinski definition) is 2. The largest absolute Gasteiger partial charge is 0.466 e. The van der Waals surface area contributed by atoms with Crippen molar-refractivity contribution in [2.75, 3.05) is 0 Å². The molecular weight excluding hydrogens is 216 g/mol. The van der Waals surface area contributed by atoms with Gasteiger partial charge in [0.25, 0.3) is 0 Å². The van der Waals surface area contributed by atoms with Crippen LogP contribution in [0.15, 0.2) is 10.5 Å². The number of furan rings is 1. The first kappa shape index (κ1) is 13.5. The van der Waals surface area contributed by atoms with Crippen LogP contribution in [0.1, 0.15) is 44.0 Å². The third-order valence-corrected chi connectivity index (χ3v) is 3.37. The molecule has 0 radical (unpaired) electrons. The van der Waals surface area contributed by atoms with Crippen LogP contribution in [-0.2, 0) is 4.43 Å². The fraction of sp³-hybridized carbons (Fsp3) is 0.692. The van der Waals surface area contributed by atoms with Crippen LogP contribution in [0, 0.1) is 19.3 Å². The molecule has 0 bridgehead atoms. The fourth-order valence-electron chi connectivity index (χ4n) is 1.93. The molecule has 1 rings (SSSR count). The quantitative estimate of drug-likeness (QED) is 0.746. The molecule has 1 heterocycles. The van der Waals surface area contributed by atoms with Crippen LogP contribution in [0.4, 0.5) is 0 Å². The topological polar surface area (TPSA) is 22.4 Å². The molecule has 3 heteroatoms. The normalized spacial score (nSPS) is 14.5. The molecule has 0 saturated heterocycles. The van der Waals surface area contributed by atoms with E-state index in [0.717, 1.165) is 11.5 Å². The van der Waals surface area contributed by atoms with Crippen molar-refractivity contribution in [2.24, 2.45) is 5.41 Å². The summed E-state index contributed by atoms with van der Waals surface area (Å²) in [5, 5.41) is 0. The van der Waals surface area contributed by atoms with E-state index in [9.17, 15) is 0 Å². The first-order valence-electron chi connectivity index (χ1n) is 5.94. The molecule has 0 aliphatic carbocycles. The molecular formula is C13H24O2Si. The number of hydrogen-bond donors (Lipinski definition) is 0. The lowest BCUT2D eigenvalue weighted by Crippen LogP contribution is -2.26. The number of rotatable bonds is 3. The third-order valence-electron chi connectivity index (χ3n) is 2.56. The Morgan fingerprint density at radius 3 is 2.12 bits per heavy atom. The standard InChI is InChI=1S/C13H24O2Si/c1-9-8-11(10(2)14-9)12(13(3,4)5)15-16(6)7/h8,12,16H,1-7H3. The van der Waals surface area contributed by atoms with E-state index in [1.54, 1.807) is 0 Å². The molecule has 0 aliphatic heterocycles. The Labute approximate surface area is 101 Å². The van der Waals surface area contributed by atoms with Crippen molar-refractivity contribution in [3.05, 3.63) is 23.2 Å². The van der Waals surface area contributed by atoms with E-state index in [0.29, 0.717) is 0 Å². The van der Waals surface area contributed by atoms with Crippen LogP contribution < -0.4 is 0 Å². The minimum atomic E-state index is -1.05. The van der Waals surface area contributed by atoms with Gasteiger partial charge in [0.2, 0.25) is 0 Å². The second-order valence-electron chi connectivity index (χ2n) is 5.80. The van der Waals surface area contributed by atoms with Gasteiger partial charge in [0.1, 0.15) is 11.5 Å². The van der Waals surface area contributed by atoms with Crippen LogP contribution in [0.3, 0.4) is 0 Å². The van der Waals surface area contributed by atoms with Gasteiger partial charge in [0, 0.05) is 5.56 Å². The van der Waals surface area contributed by atoms with Gasteiger partial charge in [-0.1, -0.05) is 20.8 Å². The molecule has 92 valence electrons. The lowest BCUT2D eigenvalue weighted by atomic mass is 9.85. The molecule has 1 aromatic heterocycles. The van der Waals surface area contributed by atoms with Crippen molar-refractivity contribution in [1.29, 1.82) is 0 Å². The van der Waals surface area contributed by atoms with E-state index in [1.165, 1.54) is 5.56 Å². The summed E-state index contributed by atoms with van der Waals surface area (Å²) in [6, 6.07) is 2.11. The molecule has 1 atom stereocenters. The maximum atomic E-state index is 6.17. The second-order valence-corrected chi connectivity index (χ2v) is 8.17. The molecule has 0 saturated carbocycles. The van der Waals surface area contributed by atoms with Crippen molar-refractivity contribution in [3.8, 4) is 0 Å². The van der Waals surface area contributed by atoms with Gasteiger partial charge < -0.3 is 8.84 Å². The predicted molar refractivity (Wildman–Crippen MR) is 70.3 cm³/mol.